The number of nitrogens with zero attached hydrogens (tertiary/aromatic N) is 2. The highest BCUT2D eigenvalue weighted by molar-refractivity contribution is 14.1. The van der Waals surface area contributed by atoms with Gasteiger partial charge in [0.2, 0.25) is 11.6 Å². The van der Waals surface area contributed by atoms with Crippen molar-refractivity contribution in [2.75, 3.05) is 33.5 Å². The maximum Gasteiger partial charge on any atom is 0.264 e. The Hall–Kier alpha value is -3.28. The second kappa shape index (κ2) is 13.4. The summed E-state index contributed by atoms with van der Waals surface area (Å²) in [5, 5.41) is 5.40. The topological polar surface area (TPSA) is 89.7 Å². The SMILES string of the molecule is CCN1/C(=C/C=C/C=C/C2=[N+](CCCCS(=O)(=O)O)c3ccc4ccccc4c3C2(C)C)C(C)(C)c2cc(NC(=O)CI)ccc21. The lowest BCUT2D eigenvalue weighted by atomic mass is 9.79. The first-order chi connectivity index (χ1) is 21.8. The van der Waals surface area contributed by atoms with E-state index in [-0.39, 0.29) is 22.5 Å². The number of nitrogens with one attached hydrogen (secondary N) is 1. The van der Waals surface area contributed by atoms with Crippen molar-refractivity contribution in [3.8, 4) is 0 Å². The number of unbranched alkanes of at least 4 members (excludes halogenated alkanes) is 1. The molecule has 0 fully saturated rings. The number of allylic oxidation sites excluding steroid dienone is 6. The molecule has 242 valence electrons. The Labute approximate surface area is 286 Å². The molecule has 5 rings (SSSR count). The molecule has 0 atom stereocenters. The zero-order valence-corrected chi connectivity index (χ0v) is 30.2. The van der Waals surface area contributed by atoms with E-state index < -0.39 is 10.1 Å². The van der Waals surface area contributed by atoms with E-state index in [2.05, 4.69) is 151 Å². The number of hydrogen-bond acceptors (Lipinski definition) is 4. The molecule has 3 aromatic carbocycles. The fourth-order valence-electron chi connectivity index (χ4n) is 6.98. The summed E-state index contributed by atoms with van der Waals surface area (Å²) in [7, 11) is -3.99. The predicted octanol–water partition coefficient (Wildman–Crippen LogP) is 8.07. The number of carbonyl (C=O) groups excluding carboxylic acids is 1. The highest BCUT2D eigenvalue weighted by Gasteiger charge is 2.45. The van der Waals surface area contributed by atoms with Crippen molar-refractivity contribution in [3.05, 3.63) is 102 Å². The van der Waals surface area contributed by atoms with Gasteiger partial charge in [-0.25, -0.2) is 0 Å². The number of amides is 1. The molecule has 0 unspecified atom stereocenters. The van der Waals surface area contributed by atoms with Crippen LogP contribution in [0.25, 0.3) is 10.8 Å². The Morgan fingerprint density at radius 1 is 1.00 bits per heavy atom. The van der Waals surface area contributed by atoms with Crippen LogP contribution in [0.3, 0.4) is 0 Å². The minimum Gasteiger partial charge on any atom is -0.344 e. The highest BCUT2D eigenvalue weighted by Crippen LogP contribution is 2.48. The Kier molecular flexibility index (Phi) is 9.96. The molecular formula is C37H43IN3O4S+. The maximum absolute atomic E-state index is 12.0. The van der Waals surface area contributed by atoms with Crippen LogP contribution in [0.5, 0.6) is 0 Å². The van der Waals surface area contributed by atoms with Crippen molar-refractivity contribution in [1.82, 2.24) is 0 Å². The van der Waals surface area contributed by atoms with E-state index in [0.29, 0.717) is 23.8 Å². The summed E-state index contributed by atoms with van der Waals surface area (Å²) in [4.78, 5) is 14.3. The summed E-state index contributed by atoms with van der Waals surface area (Å²) in [6.45, 7) is 12.6. The number of rotatable bonds is 11. The minimum atomic E-state index is -3.99. The molecule has 9 heteroatoms. The van der Waals surface area contributed by atoms with Gasteiger partial charge in [-0.3, -0.25) is 9.35 Å². The molecule has 7 nitrogen and oxygen atoms in total. The van der Waals surface area contributed by atoms with Gasteiger partial charge in [-0.15, -0.1) is 0 Å². The zero-order chi connectivity index (χ0) is 33.3. The van der Waals surface area contributed by atoms with Gasteiger partial charge in [0, 0.05) is 53.2 Å². The summed E-state index contributed by atoms with van der Waals surface area (Å²) in [6.07, 6.45) is 11.6. The minimum absolute atomic E-state index is 0.00884. The molecule has 0 spiro atoms. The molecule has 0 saturated carbocycles. The summed E-state index contributed by atoms with van der Waals surface area (Å²) < 4.78 is 34.6. The molecule has 2 N–H and O–H groups in total. The van der Waals surface area contributed by atoms with Gasteiger partial charge in [0.15, 0.2) is 5.71 Å². The number of likely N-dealkylation sites (N-methyl/N-ethyl adjacent to an activating group) is 1. The van der Waals surface area contributed by atoms with Crippen molar-refractivity contribution in [3.63, 3.8) is 0 Å². The normalized spacial score (nSPS) is 17.9. The Balaban J connectivity index is 1.44. The van der Waals surface area contributed by atoms with E-state index in [1.54, 1.807) is 0 Å². The molecule has 1 amide bonds. The Bertz CT molecular complexity index is 1900. The average molecular weight is 753 g/mol. The molecule has 0 aromatic heterocycles. The largest absolute Gasteiger partial charge is 0.344 e. The molecule has 0 saturated heterocycles. The molecule has 0 bridgehead atoms. The molecule has 2 aliphatic rings. The van der Waals surface area contributed by atoms with Gasteiger partial charge in [-0.1, -0.05) is 78.9 Å². The number of benzene rings is 3. The lowest BCUT2D eigenvalue weighted by Crippen LogP contribution is -2.28. The fraction of sp³-hybridized carbons (Fsp3) is 0.351. The second-order valence-electron chi connectivity index (χ2n) is 12.9. The quantitative estimate of drug-likeness (QED) is 0.0517. The second-order valence-corrected chi connectivity index (χ2v) is 15.2. The van der Waals surface area contributed by atoms with Gasteiger partial charge in [0.25, 0.3) is 10.1 Å². The molecule has 46 heavy (non-hydrogen) atoms. The van der Waals surface area contributed by atoms with E-state index in [4.69, 9.17) is 0 Å². The van der Waals surface area contributed by atoms with Crippen LogP contribution in [-0.2, 0) is 25.7 Å². The standard InChI is InChI=1S/C37H42IN3O4S/c1-6-40-30-21-19-27(39-34(42)25-38)24-29(30)36(2,3)32(40)16-8-7-9-17-33-37(4,5)35-28-15-11-10-14-26(28)18-20-31(35)41(33)22-12-13-23-46(43,44)45/h7-11,14-21,24H,6,12-13,22-23,25H2,1-5H3,(H-,39,42,43,44,45)/p+1. The van der Waals surface area contributed by atoms with Crippen LogP contribution in [0.1, 0.15) is 58.6 Å². The number of carbonyl (C=O) groups is 1. The summed E-state index contributed by atoms with van der Waals surface area (Å²) in [6, 6.07) is 18.9. The van der Waals surface area contributed by atoms with E-state index in [9.17, 15) is 17.8 Å². The molecule has 3 aromatic rings. The van der Waals surface area contributed by atoms with Gasteiger partial charge in [0.1, 0.15) is 6.54 Å². The molecule has 0 aliphatic carbocycles. The number of anilines is 2. The van der Waals surface area contributed by atoms with Crippen molar-refractivity contribution in [1.29, 1.82) is 0 Å². The van der Waals surface area contributed by atoms with Crippen LogP contribution in [0.15, 0.2) is 90.7 Å². The Morgan fingerprint density at radius 3 is 2.48 bits per heavy atom. The average Bonchev–Trinajstić information content (AvgIpc) is 3.36. The lowest BCUT2D eigenvalue weighted by molar-refractivity contribution is -0.438. The molecule has 2 aliphatic heterocycles. The Morgan fingerprint density at radius 2 is 1.76 bits per heavy atom. The van der Waals surface area contributed by atoms with Gasteiger partial charge in [-0.2, -0.15) is 13.0 Å². The van der Waals surface area contributed by atoms with E-state index in [0.717, 1.165) is 29.3 Å². The van der Waals surface area contributed by atoms with Crippen molar-refractivity contribution in [2.24, 2.45) is 0 Å². The van der Waals surface area contributed by atoms with Crippen molar-refractivity contribution < 1.29 is 22.3 Å². The highest BCUT2D eigenvalue weighted by atomic mass is 127. The number of halogens is 1. The molecular weight excluding hydrogens is 709 g/mol. The first-order valence-corrected chi connectivity index (χ1v) is 18.9. The van der Waals surface area contributed by atoms with Crippen LogP contribution in [0, 0.1) is 0 Å². The van der Waals surface area contributed by atoms with Crippen molar-refractivity contribution in [2.45, 2.75) is 58.3 Å². The number of alkyl halides is 1. The molecule has 2 heterocycles. The van der Waals surface area contributed by atoms with Gasteiger partial charge >= 0.3 is 0 Å². The number of hydrogen-bond donors (Lipinski definition) is 2. The van der Waals surface area contributed by atoms with E-state index >= 15 is 0 Å². The lowest BCUT2D eigenvalue weighted by Gasteiger charge is -2.25. The fourth-order valence-corrected chi connectivity index (χ4v) is 7.74. The smallest absolute Gasteiger partial charge is 0.264 e. The first-order valence-electron chi connectivity index (χ1n) is 15.8. The van der Waals surface area contributed by atoms with Crippen LogP contribution in [0.4, 0.5) is 17.1 Å². The summed E-state index contributed by atoms with van der Waals surface area (Å²) in [5.41, 5.74) is 7.39. The molecule has 0 radical (unpaired) electrons. The number of fused-ring (bicyclic) bond motifs is 4. The van der Waals surface area contributed by atoms with Crippen LogP contribution in [-0.4, -0.2) is 52.4 Å². The van der Waals surface area contributed by atoms with Crippen LogP contribution < -0.4 is 10.2 Å². The van der Waals surface area contributed by atoms with Gasteiger partial charge in [-0.05, 0) is 73.9 Å². The van der Waals surface area contributed by atoms with Crippen LogP contribution >= 0.6 is 22.6 Å². The first kappa shape index (κ1) is 34.1. The monoisotopic (exact) mass is 752 g/mol. The van der Waals surface area contributed by atoms with E-state index in [1.165, 1.54) is 27.6 Å². The van der Waals surface area contributed by atoms with E-state index in [1.807, 2.05) is 6.07 Å². The third-order valence-electron chi connectivity index (χ3n) is 9.13. The van der Waals surface area contributed by atoms with Crippen LogP contribution in [0.2, 0.25) is 0 Å². The predicted molar refractivity (Wildman–Crippen MR) is 199 cm³/mol. The van der Waals surface area contributed by atoms with Gasteiger partial charge in [0.05, 0.1) is 15.6 Å². The van der Waals surface area contributed by atoms with Crippen molar-refractivity contribution >= 4 is 72.2 Å². The maximum atomic E-state index is 12.0. The summed E-state index contributed by atoms with van der Waals surface area (Å²) in [5.74, 6) is -0.244. The van der Waals surface area contributed by atoms with Gasteiger partial charge < -0.3 is 10.2 Å². The third-order valence-corrected chi connectivity index (χ3v) is 10.6. The summed E-state index contributed by atoms with van der Waals surface area (Å²) >= 11 is 2.07. The third kappa shape index (κ3) is 6.73. The zero-order valence-electron chi connectivity index (χ0n) is 27.2.